The average molecular weight is 545 g/mol. The fourth-order valence-electron chi connectivity index (χ4n) is 4.70. The van der Waals surface area contributed by atoms with Crippen molar-refractivity contribution >= 4 is 5.97 Å². The van der Waals surface area contributed by atoms with Gasteiger partial charge in [0.05, 0.1) is 30.3 Å². The Kier molecular flexibility index (Phi) is 9.14. The number of hydrogen-bond acceptors (Lipinski definition) is 7. The number of nitrogens with zero attached hydrogens (tertiary/aromatic N) is 3. The van der Waals surface area contributed by atoms with E-state index in [-0.39, 0.29) is 24.0 Å². The topological polar surface area (TPSA) is 120 Å². The summed E-state index contributed by atoms with van der Waals surface area (Å²) in [6, 6.07) is 15.5. The largest absolute Gasteiger partial charge is 0.463 e. The Morgan fingerprint density at radius 1 is 1.02 bits per heavy atom. The molecule has 0 atom stereocenters. The van der Waals surface area contributed by atoms with Crippen molar-refractivity contribution in [1.29, 1.82) is 0 Å². The highest BCUT2D eigenvalue weighted by Gasteiger charge is 2.22. The van der Waals surface area contributed by atoms with E-state index in [9.17, 15) is 14.4 Å². The molecule has 0 bridgehead atoms. The highest BCUT2D eigenvalue weighted by Crippen LogP contribution is 2.30. The van der Waals surface area contributed by atoms with Crippen LogP contribution in [0.2, 0.25) is 0 Å². The first-order valence-electron chi connectivity index (χ1n) is 13.7. The maximum Gasteiger partial charge on any atom is 0.439 e. The first-order valence-corrected chi connectivity index (χ1v) is 13.7. The zero-order valence-corrected chi connectivity index (χ0v) is 23.7. The smallest absolute Gasteiger partial charge is 0.439 e. The normalized spacial score (nSPS) is 11.4. The number of hydrogen-bond donors (Lipinski definition) is 1. The zero-order valence-electron chi connectivity index (χ0n) is 23.7. The van der Waals surface area contributed by atoms with E-state index in [1.165, 1.54) is 0 Å². The van der Waals surface area contributed by atoms with E-state index >= 15 is 0 Å². The van der Waals surface area contributed by atoms with Crippen LogP contribution in [0.3, 0.4) is 0 Å². The number of benzene rings is 2. The van der Waals surface area contributed by atoms with E-state index in [2.05, 4.69) is 17.1 Å². The minimum atomic E-state index is -0.613. The number of aromatic nitrogens is 4. The van der Waals surface area contributed by atoms with Crippen LogP contribution in [0.5, 0.6) is 0 Å². The van der Waals surface area contributed by atoms with Gasteiger partial charge in [0, 0.05) is 12.0 Å². The van der Waals surface area contributed by atoms with Crippen molar-refractivity contribution in [1.82, 2.24) is 19.7 Å². The summed E-state index contributed by atoms with van der Waals surface area (Å²) in [6.45, 7) is 9.98. The van der Waals surface area contributed by atoms with Gasteiger partial charge >= 0.3 is 11.7 Å². The standard InChI is InChI=1S/C31H36N4O5/c1-6-7-12-26-32-28(19(2)3)25(17-27(36)39-20(4)5)30(37)35(26)18-21-13-15-22(16-14-21)23-10-8-9-11-24(23)29-33-31(38)40-34-29/h8-11,13-16,19-20H,6-7,12,17-18H2,1-5H3,(H,33,34,38). The second-order valence-corrected chi connectivity index (χ2v) is 10.4. The Labute approximate surface area is 233 Å². The van der Waals surface area contributed by atoms with Crippen molar-refractivity contribution in [2.24, 2.45) is 0 Å². The van der Waals surface area contributed by atoms with Crippen molar-refractivity contribution in [2.75, 3.05) is 0 Å². The lowest BCUT2D eigenvalue weighted by molar-refractivity contribution is -0.146. The van der Waals surface area contributed by atoms with Gasteiger partial charge in [-0.2, -0.15) is 0 Å². The van der Waals surface area contributed by atoms with Gasteiger partial charge in [0.25, 0.3) is 5.56 Å². The molecule has 2 aromatic carbocycles. The molecular weight excluding hydrogens is 508 g/mol. The van der Waals surface area contributed by atoms with Crippen LogP contribution in [-0.2, 0) is 28.9 Å². The van der Waals surface area contributed by atoms with Crippen molar-refractivity contribution in [3.63, 3.8) is 0 Å². The van der Waals surface area contributed by atoms with Crippen LogP contribution in [0.1, 0.15) is 76.0 Å². The molecule has 2 heterocycles. The van der Waals surface area contributed by atoms with Crippen LogP contribution in [0.15, 0.2) is 62.6 Å². The summed E-state index contributed by atoms with van der Waals surface area (Å²) in [7, 11) is 0. The quantitative estimate of drug-likeness (QED) is 0.256. The molecule has 2 aromatic heterocycles. The van der Waals surface area contributed by atoms with Gasteiger partial charge in [0.1, 0.15) is 5.82 Å². The second kappa shape index (κ2) is 12.7. The summed E-state index contributed by atoms with van der Waals surface area (Å²) < 4.78 is 11.7. The van der Waals surface area contributed by atoms with Crippen molar-refractivity contribution < 1.29 is 14.1 Å². The Morgan fingerprint density at radius 3 is 2.33 bits per heavy atom. The molecule has 0 saturated heterocycles. The first-order chi connectivity index (χ1) is 19.2. The third-order valence-corrected chi connectivity index (χ3v) is 6.59. The number of carbonyl (C=O) groups excluding carboxylic acids is 1. The lowest BCUT2D eigenvalue weighted by Gasteiger charge is -2.19. The van der Waals surface area contributed by atoms with Crippen LogP contribution < -0.4 is 11.3 Å². The number of aromatic amines is 1. The number of unbranched alkanes of at least 4 members (excludes halogenated alkanes) is 1. The van der Waals surface area contributed by atoms with Gasteiger partial charge in [-0.1, -0.05) is 80.9 Å². The average Bonchev–Trinajstić information content (AvgIpc) is 3.36. The van der Waals surface area contributed by atoms with E-state index in [1.54, 1.807) is 18.4 Å². The molecule has 210 valence electrons. The fraction of sp³-hybridized carbons (Fsp3) is 0.387. The summed E-state index contributed by atoms with van der Waals surface area (Å²) >= 11 is 0. The van der Waals surface area contributed by atoms with Crippen LogP contribution in [0, 0.1) is 0 Å². The molecule has 4 rings (SSSR count). The van der Waals surface area contributed by atoms with Crippen molar-refractivity contribution in [3.05, 3.63) is 92.1 Å². The Hall–Kier alpha value is -4.27. The maximum absolute atomic E-state index is 13.9. The van der Waals surface area contributed by atoms with Gasteiger partial charge in [-0.25, -0.2) is 9.78 Å². The lowest BCUT2D eigenvalue weighted by atomic mass is 9.98. The number of aryl methyl sites for hydroxylation is 1. The van der Waals surface area contributed by atoms with E-state index in [1.807, 2.05) is 62.4 Å². The summed E-state index contributed by atoms with van der Waals surface area (Å²) in [5, 5.41) is 3.83. The Morgan fingerprint density at radius 2 is 1.73 bits per heavy atom. The molecule has 40 heavy (non-hydrogen) atoms. The van der Waals surface area contributed by atoms with Gasteiger partial charge in [-0.15, -0.1) is 0 Å². The summed E-state index contributed by atoms with van der Waals surface area (Å²) in [4.78, 5) is 45.4. The fourth-order valence-corrected chi connectivity index (χ4v) is 4.70. The minimum absolute atomic E-state index is 0.0106. The minimum Gasteiger partial charge on any atom is -0.463 e. The van der Waals surface area contributed by atoms with Gasteiger partial charge < -0.3 is 4.74 Å². The zero-order chi connectivity index (χ0) is 28.8. The molecule has 1 N–H and O–H groups in total. The first kappa shape index (κ1) is 28.7. The summed E-state index contributed by atoms with van der Waals surface area (Å²) in [5.74, 6) is 0.0275. The van der Waals surface area contributed by atoms with E-state index in [4.69, 9.17) is 14.2 Å². The van der Waals surface area contributed by atoms with Crippen LogP contribution >= 0.6 is 0 Å². The number of nitrogens with one attached hydrogen (secondary N) is 1. The van der Waals surface area contributed by atoms with E-state index in [0.717, 1.165) is 40.9 Å². The van der Waals surface area contributed by atoms with Gasteiger partial charge in [-0.05, 0) is 42.9 Å². The summed E-state index contributed by atoms with van der Waals surface area (Å²) in [5.41, 5.74) is 4.32. The third-order valence-electron chi connectivity index (χ3n) is 6.59. The Balaban J connectivity index is 1.71. The maximum atomic E-state index is 13.9. The Bertz CT molecular complexity index is 1580. The molecule has 0 radical (unpaired) electrons. The van der Waals surface area contributed by atoms with Crippen LogP contribution in [-0.4, -0.2) is 31.8 Å². The highest BCUT2D eigenvalue weighted by atomic mass is 16.5. The molecule has 0 amide bonds. The molecule has 0 spiro atoms. The van der Waals surface area contributed by atoms with E-state index in [0.29, 0.717) is 30.0 Å². The second-order valence-electron chi connectivity index (χ2n) is 10.4. The molecular formula is C31H36N4O5. The lowest BCUT2D eigenvalue weighted by Crippen LogP contribution is -2.33. The van der Waals surface area contributed by atoms with Crippen LogP contribution in [0.4, 0.5) is 0 Å². The molecule has 4 aromatic rings. The van der Waals surface area contributed by atoms with Gasteiger partial charge in [0.15, 0.2) is 5.82 Å². The highest BCUT2D eigenvalue weighted by molar-refractivity contribution is 5.80. The van der Waals surface area contributed by atoms with Gasteiger partial charge in [-0.3, -0.25) is 23.7 Å². The van der Waals surface area contributed by atoms with Gasteiger partial charge in [0.2, 0.25) is 0 Å². The van der Waals surface area contributed by atoms with Crippen molar-refractivity contribution in [3.8, 4) is 22.5 Å². The number of rotatable bonds is 11. The monoisotopic (exact) mass is 544 g/mol. The molecule has 0 fully saturated rings. The molecule has 0 unspecified atom stereocenters. The third kappa shape index (κ3) is 6.65. The molecule has 0 aliphatic carbocycles. The molecule has 9 nitrogen and oxygen atoms in total. The SMILES string of the molecule is CCCCc1nc(C(C)C)c(CC(=O)OC(C)C)c(=O)n1Cc1ccc(-c2ccccc2-c2noc(=O)[nH]2)cc1. The number of carbonyl (C=O) groups is 1. The number of ether oxygens (including phenoxy) is 1. The van der Waals surface area contributed by atoms with Crippen molar-refractivity contribution in [2.45, 2.75) is 78.9 Å². The molecule has 0 aliphatic rings. The molecule has 0 saturated carbocycles. The van der Waals surface area contributed by atoms with Crippen LogP contribution in [0.25, 0.3) is 22.5 Å². The predicted molar refractivity (Wildman–Crippen MR) is 153 cm³/mol. The van der Waals surface area contributed by atoms with E-state index < -0.39 is 11.7 Å². The number of H-pyrrole nitrogens is 1. The predicted octanol–water partition coefficient (Wildman–Crippen LogP) is 5.26. The molecule has 9 heteroatoms. The molecule has 0 aliphatic heterocycles. The number of esters is 1. The summed E-state index contributed by atoms with van der Waals surface area (Å²) in [6.07, 6.45) is 2.18.